The molecule has 0 unspecified atom stereocenters. The number of thioether (sulfide) groups is 1. The number of hydrogen-bond acceptors (Lipinski definition) is 5. The Kier molecular flexibility index (Phi) is 3.92. The Morgan fingerprint density at radius 2 is 1.91 bits per heavy atom. The zero-order chi connectivity index (χ0) is 15.8. The molecule has 0 radical (unpaired) electrons. The molecule has 0 amide bonds. The average molecular weight is 404 g/mol. The van der Waals surface area contributed by atoms with Crippen molar-refractivity contribution in [3.63, 3.8) is 0 Å². The number of carbonyl (C=O) groups excluding carboxylic acids is 1. The number of thiazole rings is 1. The molecule has 7 heteroatoms. The molecule has 2 aromatic heterocycles. The molecule has 0 fully saturated rings. The maximum Gasteiger partial charge on any atom is 0.217 e. The first-order valence-corrected chi connectivity index (χ1v) is 9.46. The Balaban J connectivity index is 1.60. The van der Waals surface area contributed by atoms with E-state index in [9.17, 15) is 4.79 Å². The van der Waals surface area contributed by atoms with Gasteiger partial charge in [-0.1, -0.05) is 63.3 Å². The van der Waals surface area contributed by atoms with Crippen LogP contribution in [-0.4, -0.2) is 26.1 Å². The summed E-state index contributed by atoms with van der Waals surface area (Å²) in [6.07, 6.45) is 0. The van der Waals surface area contributed by atoms with Gasteiger partial charge in [0.25, 0.3) is 0 Å². The lowest BCUT2D eigenvalue weighted by molar-refractivity contribution is 0.102. The summed E-state index contributed by atoms with van der Waals surface area (Å²) in [6, 6.07) is 15.5. The molecule has 4 aromatic rings. The SMILES string of the molecule is O=C(CSc1nnc2sc3ccccc3n12)c1ccc(Br)cc1. The van der Waals surface area contributed by atoms with Crippen molar-refractivity contribution in [2.45, 2.75) is 5.16 Å². The molecule has 0 aliphatic rings. The van der Waals surface area contributed by atoms with E-state index in [4.69, 9.17) is 0 Å². The summed E-state index contributed by atoms with van der Waals surface area (Å²) in [5.41, 5.74) is 1.78. The topological polar surface area (TPSA) is 47.3 Å². The van der Waals surface area contributed by atoms with E-state index in [2.05, 4.69) is 32.2 Å². The van der Waals surface area contributed by atoms with Gasteiger partial charge in [0.15, 0.2) is 10.9 Å². The third-order valence-corrected chi connectivity index (χ3v) is 5.88. The van der Waals surface area contributed by atoms with Crippen LogP contribution in [0.3, 0.4) is 0 Å². The van der Waals surface area contributed by atoms with Crippen molar-refractivity contribution < 1.29 is 4.79 Å². The fourth-order valence-corrected chi connectivity index (χ4v) is 4.42. The monoisotopic (exact) mass is 403 g/mol. The standard InChI is InChI=1S/C16H10BrN3OS2/c17-11-7-5-10(6-8-11)13(21)9-22-15-18-19-16-20(15)12-3-1-2-4-14(12)23-16/h1-8H,9H2. The minimum absolute atomic E-state index is 0.0822. The number of halogens is 1. The largest absolute Gasteiger partial charge is 0.293 e. The van der Waals surface area contributed by atoms with E-state index in [0.717, 1.165) is 20.1 Å². The van der Waals surface area contributed by atoms with E-state index in [1.54, 1.807) is 11.3 Å². The van der Waals surface area contributed by atoms with Gasteiger partial charge in [-0.2, -0.15) is 0 Å². The summed E-state index contributed by atoms with van der Waals surface area (Å²) in [4.78, 5) is 13.1. The highest BCUT2D eigenvalue weighted by molar-refractivity contribution is 9.10. The van der Waals surface area contributed by atoms with Crippen molar-refractivity contribution in [3.8, 4) is 0 Å². The molecular formula is C16H10BrN3OS2. The molecule has 0 aliphatic carbocycles. The lowest BCUT2D eigenvalue weighted by Crippen LogP contribution is -2.02. The predicted octanol–water partition coefficient (Wildman–Crippen LogP) is 4.68. The van der Waals surface area contributed by atoms with Gasteiger partial charge in [-0.25, -0.2) is 0 Å². The molecule has 114 valence electrons. The van der Waals surface area contributed by atoms with E-state index < -0.39 is 0 Å². The number of rotatable bonds is 4. The maximum absolute atomic E-state index is 12.3. The van der Waals surface area contributed by atoms with Gasteiger partial charge in [0, 0.05) is 10.0 Å². The quantitative estimate of drug-likeness (QED) is 0.366. The summed E-state index contributed by atoms with van der Waals surface area (Å²) >= 11 is 6.39. The fourth-order valence-electron chi connectivity index (χ4n) is 2.30. The highest BCUT2D eigenvalue weighted by Crippen LogP contribution is 2.29. The van der Waals surface area contributed by atoms with Crippen LogP contribution in [0.15, 0.2) is 58.2 Å². The Morgan fingerprint density at radius 3 is 2.74 bits per heavy atom. The molecule has 4 nitrogen and oxygen atoms in total. The zero-order valence-electron chi connectivity index (χ0n) is 11.8. The van der Waals surface area contributed by atoms with Crippen LogP contribution in [0.2, 0.25) is 0 Å². The molecule has 2 heterocycles. The van der Waals surface area contributed by atoms with Gasteiger partial charge < -0.3 is 0 Å². The number of aromatic nitrogens is 3. The van der Waals surface area contributed by atoms with Crippen LogP contribution in [0.4, 0.5) is 0 Å². The first-order chi connectivity index (χ1) is 11.2. The van der Waals surface area contributed by atoms with Gasteiger partial charge in [-0.3, -0.25) is 9.20 Å². The number of para-hydroxylation sites is 1. The van der Waals surface area contributed by atoms with Crippen LogP contribution < -0.4 is 0 Å². The van der Waals surface area contributed by atoms with E-state index in [1.807, 2.05) is 46.9 Å². The summed E-state index contributed by atoms with van der Waals surface area (Å²) in [6.45, 7) is 0. The highest BCUT2D eigenvalue weighted by atomic mass is 79.9. The number of benzene rings is 2. The minimum atomic E-state index is 0.0822. The first-order valence-electron chi connectivity index (χ1n) is 6.86. The third kappa shape index (κ3) is 2.80. The van der Waals surface area contributed by atoms with Crippen molar-refractivity contribution >= 4 is 60.0 Å². The Morgan fingerprint density at radius 1 is 1.13 bits per heavy atom. The second kappa shape index (κ2) is 6.07. The van der Waals surface area contributed by atoms with Crippen LogP contribution in [0.1, 0.15) is 10.4 Å². The van der Waals surface area contributed by atoms with Gasteiger partial charge in [0.2, 0.25) is 4.96 Å². The maximum atomic E-state index is 12.3. The van der Waals surface area contributed by atoms with Crippen molar-refractivity contribution in [2.75, 3.05) is 5.75 Å². The summed E-state index contributed by atoms with van der Waals surface area (Å²) in [7, 11) is 0. The second-order valence-corrected chi connectivity index (χ2v) is 7.76. The summed E-state index contributed by atoms with van der Waals surface area (Å²) < 4.78 is 4.14. The van der Waals surface area contributed by atoms with Crippen LogP contribution in [0.5, 0.6) is 0 Å². The van der Waals surface area contributed by atoms with Gasteiger partial charge in [0.1, 0.15) is 0 Å². The molecule has 0 saturated heterocycles. The molecule has 4 rings (SSSR count). The number of Topliss-reactive ketones (excluding diaryl/α,β-unsaturated/α-hetero) is 1. The van der Waals surface area contributed by atoms with Gasteiger partial charge >= 0.3 is 0 Å². The van der Waals surface area contributed by atoms with E-state index in [0.29, 0.717) is 11.3 Å². The normalized spacial score (nSPS) is 11.3. The van der Waals surface area contributed by atoms with E-state index in [-0.39, 0.29) is 5.78 Å². The Hall–Kier alpha value is -1.70. The Bertz CT molecular complexity index is 1010. The number of carbonyl (C=O) groups is 1. The molecule has 2 aromatic carbocycles. The molecule has 0 atom stereocenters. The minimum Gasteiger partial charge on any atom is -0.293 e. The number of hydrogen-bond donors (Lipinski definition) is 0. The lowest BCUT2D eigenvalue weighted by atomic mass is 10.2. The fraction of sp³-hybridized carbons (Fsp3) is 0.0625. The summed E-state index contributed by atoms with van der Waals surface area (Å²) in [5, 5.41) is 9.18. The average Bonchev–Trinajstić information content (AvgIpc) is 3.12. The molecule has 0 N–H and O–H groups in total. The third-order valence-electron chi connectivity index (χ3n) is 3.41. The number of ketones is 1. The summed E-state index contributed by atoms with van der Waals surface area (Å²) in [5.74, 6) is 0.422. The zero-order valence-corrected chi connectivity index (χ0v) is 15.0. The molecular weight excluding hydrogens is 394 g/mol. The van der Waals surface area contributed by atoms with Crippen molar-refractivity contribution in [3.05, 3.63) is 58.6 Å². The lowest BCUT2D eigenvalue weighted by Gasteiger charge is -2.01. The number of nitrogens with zero attached hydrogens (tertiary/aromatic N) is 3. The van der Waals surface area contributed by atoms with Crippen LogP contribution in [0.25, 0.3) is 15.2 Å². The van der Waals surface area contributed by atoms with E-state index >= 15 is 0 Å². The Labute approximate surface area is 148 Å². The molecule has 0 bridgehead atoms. The second-order valence-electron chi connectivity index (χ2n) is 4.89. The number of fused-ring (bicyclic) bond motifs is 3. The molecule has 0 aliphatic heterocycles. The van der Waals surface area contributed by atoms with Crippen LogP contribution >= 0.6 is 39.0 Å². The molecule has 23 heavy (non-hydrogen) atoms. The van der Waals surface area contributed by atoms with E-state index in [1.165, 1.54) is 16.5 Å². The smallest absolute Gasteiger partial charge is 0.217 e. The molecule has 0 spiro atoms. The van der Waals surface area contributed by atoms with Gasteiger partial charge in [-0.15, -0.1) is 10.2 Å². The van der Waals surface area contributed by atoms with Crippen molar-refractivity contribution in [2.24, 2.45) is 0 Å². The highest BCUT2D eigenvalue weighted by Gasteiger charge is 2.14. The van der Waals surface area contributed by atoms with Gasteiger partial charge in [0.05, 0.1) is 16.0 Å². The van der Waals surface area contributed by atoms with Crippen molar-refractivity contribution in [1.82, 2.24) is 14.6 Å². The molecule has 0 saturated carbocycles. The first kappa shape index (κ1) is 14.9. The van der Waals surface area contributed by atoms with Crippen LogP contribution in [0, 0.1) is 0 Å². The van der Waals surface area contributed by atoms with Crippen LogP contribution in [-0.2, 0) is 0 Å². The van der Waals surface area contributed by atoms with Gasteiger partial charge in [-0.05, 0) is 24.3 Å². The predicted molar refractivity (Wildman–Crippen MR) is 97.6 cm³/mol. The van der Waals surface area contributed by atoms with Crippen molar-refractivity contribution in [1.29, 1.82) is 0 Å².